The molecule has 2 aromatic rings. The van der Waals surface area contributed by atoms with Crippen molar-refractivity contribution < 1.29 is 4.74 Å². The standard InChI is InChI=1S/C11H12N3O.3C4H9.Sn/c1-3-11(15-4-2)14-10-8-6-5-7-9(10)12-13-14;3*1-3-4-2;/h3,5-8H,1,4H2,2H3;3*1,3-4H2,2H3;/b11-3+;;;;. The summed E-state index contributed by atoms with van der Waals surface area (Å²) in [5.41, 5.74) is 1.95. The zero-order valence-corrected chi connectivity index (χ0v) is 21.3. The third-order valence-electron chi connectivity index (χ3n) is 5.74. The maximum absolute atomic E-state index is 6.06. The molecule has 0 unspecified atom stereocenters. The van der Waals surface area contributed by atoms with E-state index in [2.05, 4.69) is 50.1 Å². The van der Waals surface area contributed by atoms with Gasteiger partial charge in [-0.15, -0.1) is 0 Å². The van der Waals surface area contributed by atoms with Gasteiger partial charge in [-0.05, 0) is 0 Å². The van der Waals surface area contributed by atoms with Gasteiger partial charge in [0.25, 0.3) is 0 Å². The van der Waals surface area contributed by atoms with Gasteiger partial charge in [0.05, 0.1) is 0 Å². The molecular formula is C23H39N3OSn. The van der Waals surface area contributed by atoms with E-state index in [0.717, 1.165) is 16.9 Å². The first-order chi connectivity index (χ1) is 13.7. The Morgan fingerprint density at radius 3 is 2.14 bits per heavy atom. The molecule has 0 aliphatic rings. The van der Waals surface area contributed by atoms with Crippen molar-refractivity contribution >= 4 is 35.3 Å². The first kappa shape index (κ1) is 23.2. The normalized spacial score (nSPS) is 12.6. The molecule has 0 saturated carbocycles. The molecule has 0 atom stereocenters. The van der Waals surface area contributed by atoms with Crippen LogP contribution in [-0.4, -0.2) is 40.0 Å². The van der Waals surface area contributed by atoms with E-state index in [4.69, 9.17) is 4.74 Å². The van der Waals surface area contributed by atoms with Crippen LogP contribution in [0, 0.1) is 0 Å². The number of aromatic nitrogens is 3. The quantitative estimate of drug-likeness (QED) is 0.208. The summed E-state index contributed by atoms with van der Waals surface area (Å²) in [6.45, 7) is 9.70. The van der Waals surface area contributed by atoms with Crippen molar-refractivity contribution in [3.63, 3.8) is 0 Å². The molecule has 4 nitrogen and oxygen atoms in total. The summed E-state index contributed by atoms with van der Waals surface area (Å²) in [7, 11) is 0. The molecule has 156 valence electrons. The van der Waals surface area contributed by atoms with Crippen molar-refractivity contribution in [1.29, 1.82) is 0 Å². The first-order valence-corrected chi connectivity index (χ1v) is 19.4. The molecule has 0 radical (unpaired) electrons. The van der Waals surface area contributed by atoms with Gasteiger partial charge >= 0.3 is 176 Å². The second-order valence-corrected chi connectivity index (χ2v) is 22.0. The molecule has 5 heteroatoms. The van der Waals surface area contributed by atoms with Crippen LogP contribution in [0.1, 0.15) is 66.2 Å². The number of fused-ring (bicyclic) bond motifs is 1. The van der Waals surface area contributed by atoms with Gasteiger partial charge in [0.1, 0.15) is 0 Å². The molecule has 0 amide bonds. The van der Waals surface area contributed by atoms with Gasteiger partial charge in [-0.2, -0.15) is 0 Å². The van der Waals surface area contributed by atoms with Gasteiger partial charge in [-0.1, -0.05) is 0 Å². The van der Waals surface area contributed by atoms with E-state index >= 15 is 0 Å². The Morgan fingerprint density at radius 1 is 0.964 bits per heavy atom. The van der Waals surface area contributed by atoms with Gasteiger partial charge in [0.15, 0.2) is 0 Å². The summed E-state index contributed by atoms with van der Waals surface area (Å²) in [6.07, 6.45) is 10.5. The fourth-order valence-electron chi connectivity index (χ4n) is 4.03. The molecule has 0 bridgehead atoms. The topological polar surface area (TPSA) is 39.9 Å². The fraction of sp³-hybridized carbons (Fsp3) is 0.652. The van der Waals surface area contributed by atoms with Crippen molar-refractivity contribution in [2.75, 3.05) is 6.61 Å². The van der Waals surface area contributed by atoms with Gasteiger partial charge < -0.3 is 0 Å². The molecule has 1 aromatic heterocycles. The number of nitrogens with zero attached hydrogens (tertiary/aromatic N) is 3. The van der Waals surface area contributed by atoms with Crippen LogP contribution < -0.4 is 0 Å². The first-order valence-electron chi connectivity index (χ1n) is 11.3. The summed E-state index contributed by atoms with van der Waals surface area (Å²) in [5, 5.41) is 8.72. The monoisotopic (exact) mass is 493 g/mol. The summed E-state index contributed by atoms with van der Waals surface area (Å²) in [4.78, 5) is 0. The number of hydrogen-bond acceptors (Lipinski definition) is 3. The molecule has 28 heavy (non-hydrogen) atoms. The Hall–Kier alpha value is -1.04. The Morgan fingerprint density at radius 2 is 1.57 bits per heavy atom. The van der Waals surface area contributed by atoms with E-state index in [1.54, 1.807) is 0 Å². The van der Waals surface area contributed by atoms with Crippen LogP contribution in [-0.2, 0) is 4.74 Å². The number of hydrogen-bond donors (Lipinski definition) is 0. The maximum atomic E-state index is 6.06. The molecule has 1 aromatic carbocycles. The SMILES string of the molecule is CCC[CH2][Sn]([CH2]/C=C(/OCC)n1nnc2ccccc21)([CH2]CCC)[CH2]CCC. The number of unbranched alkanes of at least 4 members (excludes halogenated alkanes) is 3. The van der Waals surface area contributed by atoms with Gasteiger partial charge in [-0.25, -0.2) is 0 Å². The molecular weight excluding hydrogens is 453 g/mol. The van der Waals surface area contributed by atoms with Gasteiger partial charge in [0, 0.05) is 0 Å². The number of benzene rings is 1. The van der Waals surface area contributed by atoms with Crippen molar-refractivity contribution in [1.82, 2.24) is 15.0 Å². The summed E-state index contributed by atoms with van der Waals surface area (Å²) >= 11 is -2.23. The third kappa shape index (κ3) is 6.50. The van der Waals surface area contributed by atoms with Gasteiger partial charge in [0.2, 0.25) is 0 Å². The van der Waals surface area contributed by atoms with Crippen molar-refractivity contribution in [3.05, 3.63) is 30.3 Å². The Labute approximate surface area is 175 Å². The molecule has 0 saturated heterocycles. The second-order valence-electron chi connectivity index (χ2n) is 7.98. The van der Waals surface area contributed by atoms with Crippen LogP contribution in [0.3, 0.4) is 0 Å². The van der Waals surface area contributed by atoms with E-state index in [0.29, 0.717) is 6.61 Å². The Bertz CT molecular complexity index is 704. The van der Waals surface area contributed by atoms with E-state index in [-0.39, 0.29) is 0 Å². The zero-order valence-electron chi connectivity index (χ0n) is 18.4. The Kier molecular flexibility index (Phi) is 10.4. The van der Waals surface area contributed by atoms with Crippen molar-refractivity contribution in [2.24, 2.45) is 0 Å². The van der Waals surface area contributed by atoms with Gasteiger partial charge in [-0.3, -0.25) is 0 Å². The number of para-hydroxylation sites is 1. The molecule has 0 N–H and O–H groups in total. The van der Waals surface area contributed by atoms with Crippen LogP contribution in [0.5, 0.6) is 0 Å². The predicted molar refractivity (Wildman–Crippen MR) is 123 cm³/mol. The molecule has 0 aliphatic heterocycles. The number of ether oxygens (including phenoxy) is 1. The minimum atomic E-state index is -2.23. The minimum absolute atomic E-state index is 0.654. The van der Waals surface area contributed by atoms with E-state index in [9.17, 15) is 0 Å². The van der Waals surface area contributed by atoms with E-state index < -0.39 is 18.4 Å². The van der Waals surface area contributed by atoms with E-state index in [1.165, 1.54) is 56.3 Å². The Balaban J connectivity index is 2.32. The van der Waals surface area contributed by atoms with Crippen LogP contribution in [0.4, 0.5) is 0 Å². The van der Waals surface area contributed by atoms with Crippen LogP contribution in [0.25, 0.3) is 16.9 Å². The average molecular weight is 492 g/mol. The summed E-state index contributed by atoms with van der Waals surface area (Å²) in [6, 6.07) is 8.13. The molecule has 0 aliphatic carbocycles. The van der Waals surface area contributed by atoms with Crippen LogP contribution >= 0.6 is 0 Å². The third-order valence-corrected chi connectivity index (χ3v) is 20.9. The zero-order chi connectivity index (χ0) is 20.2. The number of rotatable bonds is 14. The average Bonchev–Trinajstić information content (AvgIpc) is 3.15. The van der Waals surface area contributed by atoms with Crippen LogP contribution in [0.2, 0.25) is 17.7 Å². The molecule has 0 spiro atoms. The van der Waals surface area contributed by atoms with E-state index in [1.807, 2.05) is 22.9 Å². The summed E-state index contributed by atoms with van der Waals surface area (Å²) in [5.74, 6) is 0.877. The fourth-order valence-corrected chi connectivity index (χ4v) is 19.1. The summed E-state index contributed by atoms with van der Waals surface area (Å²) < 4.78 is 13.8. The van der Waals surface area contributed by atoms with Crippen molar-refractivity contribution in [2.45, 2.75) is 84.0 Å². The molecule has 2 rings (SSSR count). The molecule has 1 heterocycles. The predicted octanol–water partition coefficient (Wildman–Crippen LogP) is 7.12. The second kappa shape index (κ2) is 12.5. The van der Waals surface area contributed by atoms with Crippen molar-refractivity contribution in [3.8, 4) is 0 Å². The molecule has 0 fully saturated rings. The van der Waals surface area contributed by atoms with Crippen LogP contribution in [0.15, 0.2) is 30.3 Å². The number of allylic oxidation sites excluding steroid dienone is 1.